The van der Waals surface area contributed by atoms with E-state index in [1.807, 2.05) is 0 Å². The summed E-state index contributed by atoms with van der Waals surface area (Å²) < 4.78 is 0. The largest absolute Gasteiger partial charge is 0.503 e. The Hall–Kier alpha value is -1.58. The minimum atomic E-state index is -0.537. The van der Waals surface area contributed by atoms with Crippen molar-refractivity contribution >= 4 is 5.78 Å². The van der Waals surface area contributed by atoms with Crippen molar-refractivity contribution in [1.82, 2.24) is 4.98 Å². The maximum atomic E-state index is 11.1. The number of nitrogens with one attached hydrogen (secondary N) is 1. The highest BCUT2D eigenvalue weighted by Gasteiger charge is 2.10. The van der Waals surface area contributed by atoms with Crippen LogP contribution in [0, 0.1) is 0 Å². The highest BCUT2D eigenvalue weighted by molar-refractivity contribution is 5.96. The fourth-order valence-corrected chi connectivity index (χ4v) is 0.861. The topological polar surface area (TPSA) is 70.2 Å². The minimum Gasteiger partial charge on any atom is -0.503 e. The Morgan fingerprint density at radius 1 is 1.67 bits per heavy atom. The SMILES string of the molecule is CCC(=O)c1[nH]ccc(=O)c1O. The van der Waals surface area contributed by atoms with Gasteiger partial charge in [-0.25, -0.2) is 0 Å². The number of aromatic nitrogens is 1. The van der Waals surface area contributed by atoms with Crippen molar-refractivity contribution in [2.24, 2.45) is 0 Å². The number of carbonyl (C=O) groups is 1. The molecule has 64 valence electrons. The average Bonchev–Trinajstić information content (AvgIpc) is 2.08. The van der Waals surface area contributed by atoms with Crippen molar-refractivity contribution in [2.45, 2.75) is 13.3 Å². The van der Waals surface area contributed by atoms with Gasteiger partial charge in [-0.1, -0.05) is 6.92 Å². The maximum Gasteiger partial charge on any atom is 0.223 e. The van der Waals surface area contributed by atoms with Gasteiger partial charge in [0.25, 0.3) is 0 Å². The van der Waals surface area contributed by atoms with Gasteiger partial charge in [0.15, 0.2) is 11.5 Å². The lowest BCUT2D eigenvalue weighted by Gasteiger charge is -1.98. The average molecular weight is 167 g/mol. The quantitative estimate of drug-likeness (QED) is 0.636. The molecule has 0 aliphatic heterocycles. The van der Waals surface area contributed by atoms with Crippen molar-refractivity contribution in [3.8, 4) is 5.75 Å². The molecule has 0 radical (unpaired) electrons. The van der Waals surface area contributed by atoms with Crippen molar-refractivity contribution in [3.05, 3.63) is 28.2 Å². The van der Waals surface area contributed by atoms with Crippen molar-refractivity contribution in [2.75, 3.05) is 0 Å². The van der Waals surface area contributed by atoms with Crippen LogP contribution >= 0.6 is 0 Å². The lowest BCUT2D eigenvalue weighted by molar-refractivity contribution is 0.0980. The van der Waals surface area contributed by atoms with E-state index in [4.69, 9.17) is 5.11 Å². The van der Waals surface area contributed by atoms with E-state index in [0.717, 1.165) is 0 Å². The lowest BCUT2D eigenvalue weighted by atomic mass is 10.2. The van der Waals surface area contributed by atoms with Crippen molar-refractivity contribution < 1.29 is 9.90 Å². The lowest BCUT2D eigenvalue weighted by Crippen LogP contribution is -2.08. The fraction of sp³-hybridized carbons (Fsp3) is 0.250. The fourth-order valence-electron chi connectivity index (χ4n) is 0.861. The van der Waals surface area contributed by atoms with Gasteiger partial charge in [0.05, 0.1) is 0 Å². The summed E-state index contributed by atoms with van der Waals surface area (Å²) >= 11 is 0. The van der Waals surface area contributed by atoms with E-state index in [9.17, 15) is 9.59 Å². The first-order valence-corrected chi connectivity index (χ1v) is 3.60. The van der Waals surface area contributed by atoms with Crippen LogP contribution in [0.25, 0.3) is 0 Å². The van der Waals surface area contributed by atoms with Gasteiger partial charge < -0.3 is 10.1 Å². The van der Waals surface area contributed by atoms with E-state index >= 15 is 0 Å². The molecule has 0 aromatic carbocycles. The van der Waals surface area contributed by atoms with Crippen LogP contribution in [-0.4, -0.2) is 15.9 Å². The van der Waals surface area contributed by atoms with E-state index in [2.05, 4.69) is 4.98 Å². The van der Waals surface area contributed by atoms with Crippen LogP contribution in [0.2, 0.25) is 0 Å². The Kier molecular flexibility index (Phi) is 2.28. The molecule has 1 aromatic heterocycles. The summed E-state index contributed by atoms with van der Waals surface area (Å²) in [5.74, 6) is -0.769. The summed E-state index contributed by atoms with van der Waals surface area (Å²) in [7, 11) is 0. The summed E-state index contributed by atoms with van der Waals surface area (Å²) in [6.45, 7) is 1.66. The third kappa shape index (κ3) is 1.37. The Balaban J connectivity index is 3.26. The van der Waals surface area contributed by atoms with Crippen LogP contribution in [0.15, 0.2) is 17.1 Å². The number of hydrogen-bond acceptors (Lipinski definition) is 3. The third-order valence-corrected chi connectivity index (χ3v) is 1.53. The van der Waals surface area contributed by atoms with Crippen molar-refractivity contribution in [1.29, 1.82) is 0 Å². The van der Waals surface area contributed by atoms with Gasteiger partial charge in [-0.15, -0.1) is 0 Å². The molecule has 0 bridgehead atoms. The molecule has 0 aliphatic rings. The molecule has 0 fully saturated rings. The van der Waals surface area contributed by atoms with Gasteiger partial charge in [0.2, 0.25) is 5.43 Å². The molecule has 1 heterocycles. The first-order valence-electron chi connectivity index (χ1n) is 3.60. The van der Waals surface area contributed by atoms with E-state index in [-0.39, 0.29) is 17.9 Å². The molecule has 0 amide bonds. The van der Waals surface area contributed by atoms with Crippen LogP contribution < -0.4 is 5.43 Å². The van der Waals surface area contributed by atoms with Gasteiger partial charge in [-0.3, -0.25) is 9.59 Å². The molecule has 1 aromatic rings. The summed E-state index contributed by atoms with van der Waals surface area (Å²) in [5.41, 5.74) is -0.546. The molecule has 0 unspecified atom stereocenters. The molecular formula is C8H9NO3. The van der Waals surface area contributed by atoms with Crippen LogP contribution in [-0.2, 0) is 0 Å². The summed E-state index contributed by atoms with van der Waals surface area (Å²) in [4.78, 5) is 24.4. The number of hydrogen-bond donors (Lipinski definition) is 2. The van der Waals surface area contributed by atoms with E-state index in [0.29, 0.717) is 0 Å². The molecule has 0 spiro atoms. The highest BCUT2D eigenvalue weighted by atomic mass is 16.3. The summed E-state index contributed by atoms with van der Waals surface area (Å²) in [6, 6.07) is 1.17. The number of H-pyrrole nitrogens is 1. The zero-order valence-corrected chi connectivity index (χ0v) is 6.63. The van der Waals surface area contributed by atoms with E-state index in [1.165, 1.54) is 12.3 Å². The first kappa shape index (κ1) is 8.52. The molecular weight excluding hydrogens is 158 g/mol. The van der Waals surface area contributed by atoms with E-state index < -0.39 is 11.2 Å². The number of Topliss-reactive ketones (excluding diaryl/α,β-unsaturated/α-hetero) is 1. The second kappa shape index (κ2) is 3.21. The zero-order valence-electron chi connectivity index (χ0n) is 6.63. The van der Waals surface area contributed by atoms with E-state index in [1.54, 1.807) is 6.92 Å². The number of pyridine rings is 1. The first-order chi connectivity index (χ1) is 5.66. The number of ketones is 1. The molecule has 0 aliphatic carbocycles. The predicted octanol–water partition coefficient (Wildman–Crippen LogP) is 0.673. The molecule has 0 saturated heterocycles. The molecule has 0 atom stereocenters. The van der Waals surface area contributed by atoms with Crippen LogP contribution in [0.4, 0.5) is 0 Å². The van der Waals surface area contributed by atoms with Crippen LogP contribution in [0.1, 0.15) is 23.8 Å². The number of carbonyl (C=O) groups excluding carboxylic acids is 1. The van der Waals surface area contributed by atoms with Gasteiger partial charge in [-0.05, 0) is 0 Å². The van der Waals surface area contributed by atoms with Crippen LogP contribution in [0.5, 0.6) is 5.75 Å². The van der Waals surface area contributed by atoms with Crippen LogP contribution in [0.3, 0.4) is 0 Å². The highest BCUT2D eigenvalue weighted by Crippen LogP contribution is 2.08. The standard InChI is InChI=1S/C8H9NO3/c1-2-5(10)7-8(12)6(11)3-4-9-7/h3-4,12H,2H2,1H3,(H,9,11). The number of aromatic hydroxyl groups is 1. The Morgan fingerprint density at radius 2 is 2.33 bits per heavy atom. The van der Waals surface area contributed by atoms with Gasteiger partial charge in [-0.2, -0.15) is 0 Å². The van der Waals surface area contributed by atoms with Gasteiger partial charge in [0, 0.05) is 18.7 Å². The normalized spacial score (nSPS) is 9.75. The molecule has 4 nitrogen and oxygen atoms in total. The Labute approximate surface area is 68.9 Å². The third-order valence-electron chi connectivity index (χ3n) is 1.53. The van der Waals surface area contributed by atoms with Gasteiger partial charge >= 0.3 is 0 Å². The zero-order chi connectivity index (χ0) is 9.14. The smallest absolute Gasteiger partial charge is 0.223 e. The Morgan fingerprint density at radius 3 is 2.92 bits per heavy atom. The second-order valence-corrected chi connectivity index (χ2v) is 2.34. The molecule has 1 rings (SSSR count). The maximum absolute atomic E-state index is 11.1. The minimum absolute atomic E-state index is 0.00926. The van der Waals surface area contributed by atoms with Crippen molar-refractivity contribution in [3.63, 3.8) is 0 Å². The summed E-state index contributed by atoms with van der Waals surface area (Å²) in [5, 5.41) is 9.13. The molecule has 2 N–H and O–H groups in total. The molecule has 4 heteroatoms. The Bertz CT molecular complexity index is 354. The summed E-state index contributed by atoms with van der Waals surface area (Å²) in [6.07, 6.45) is 1.60. The number of rotatable bonds is 2. The molecule has 0 saturated carbocycles. The predicted molar refractivity (Wildman–Crippen MR) is 43.3 cm³/mol. The second-order valence-electron chi connectivity index (χ2n) is 2.34. The number of aromatic amines is 1. The van der Waals surface area contributed by atoms with Gasteiger partial charge in [0.1, 0.15) is 5.69 Å². The monoisotopic (exact) mass is 167 g/mol. The molecule has 12 heavy (non-hydrogen) atoms.